The zero-order chi connectivity index (χ0) is 10.4. The lowest BCUT2D eigenvalue weighted by Gasteiger charge is -2.04. The van der Waals surface area contributed by atoms with Crippen molar-refractivity contribution >= 4 is 11.9 Å². The molecule has 1 aromatic rings. The van der Waals surface area contributed by atoms with Crippen molar-refractivity contribution in [1.29, 1.82) is 0 Å². The Hall–Kier alpha value is -1.89. The smallest absolute Gasteiger partial charge is 0.150 e. The van der Waals surface area contributed by atoms with Crippen LogP contribution in [0.1, 0.15) is 15.9 Å². The van der Waals surface area contributed by atoms with Gasteiger partial charge in [0, 0.05) is 5.56 Å². The van der Waals surface area contributed by atoms with E-state index in [1.807, 2.05) is 24.3 Å². The fourth-order valence-electron chi connectivity index (χ4n) is 1.26. The molecule has 0 aromatic heterocycles. The summed E-state index contributed by atoms with van der Waals surface area (Å²) < 4.78 is 0. The lowest BCUT2D eigenvalue weighted by atomic mass is 10.0. The number of hydrogen-bond acceptors (Lipinski definition) is 1. The van der Waals surface area contributed by atoms with Crippen LogP contribution in [0.4, 0.5) is 0 Å². The van der Waals surface area contributed by atoms with Crippen LogP contribution in [0.2, 0.25) is 0 Å². The predicted molar refractivity (Wildman–Crippen MR) is 60.2 cm³/mol. The molecule has 0 bridgehead atoms. The molecule has 1 rings (SSSR count). The SMILES string of the molecule is C=C/C=C(\C=C)c1ccccc1C=O. The van der Waals surface area contributed by atoms with Crippen molar-refractivity contribution in [2.24, 2.45) is 0 Å². The number of allylic oxidation sites excluding steroid dienone is 4. The molecule has 0 spiro atoms. The predicted octanol–water partition coefficient (Wildman–Crippen LogP) is 3.25. The maximum atomic E-state index is 10.8. The van der Waals surface area contributed by atoms with Crippen LogP contribution in [0, 0.1) is 0 Å². The van der Waals surface area contributed by atoms with E-state index in [-0.39, 0.29) is 0 Å². The number of carbonyl (C=O) groups excluding carboxylic acids is 1. The average Bonchev–Trinajstić information content (AvgIpc) is 2.26. The van der Waals surface area contributed by atoms with Crippen molar-refractivity contribution < 1.29 is 4.79 Å². The average molecular weight is 184 g/mol. The molecule has 0 aliphatic rings. The maximum absolute atomic E-state index is 10.8. The molecule has 0 saturated carbocycles. The Labute approximate surface area is 84.1 Å². The van der Waals surface area contributed by atoms with E-state index in [2.05, 4.69) is 13.2 Å². The van der Waals surface area contributed by atoms with Crippen LogP contribution >= 0.6 is 0 Å². The second-order valence-corrected chi connectivity index (χ2v) is 2.77. The summed E-state index contributed by atoms with van der Waals surface area (Å²) in [6.07, 6.45) is 6.06. The van der Waals surface area contributed by atoms with Crippen molar-refractivity contribution in [3.63, 3.8) is 0 Å². The van der Waals surface area contributed by atoms with E-state index in [4.69, 9.17) is 0 Å². The molecule has 0 unspecified atom stereocenters. The number of aldehydes is 1. The quantitative estimate of drug-likeness (QED) is 0.518. The maximum Gasteiger partial charge on any atom is 0.150 e. The van der Waals surface area contributed by atoms with Crippen molar-refractivity contribution in [3.05, 3.63) is 66.8 Å². The second-order valence-electron chi connectivity index (χ2n) is 2.77. The van der Waals surface area contributed by atoms with Crippen LogP contribution in [0.3, 0.4) is 0 Å². The molecule has 0 saturated heterocycles. The van der Waals surface area contributed by atoms with Crippen molar-refractivity contribution in [2.75, 3.05) is 0 Å². The Kier molecular flexibility index (Phi) is 3.62. The van der Waals surface area contributed by atoms with Gasteiger partial charge in [0.15, 0.2) is 6.29 Å². The fourth-order valence-corrected chi connectivity index (χ4v) is 1.26. The fraction of sp³-hybridized carbons (Fsp3) is 0. The summed E-state index contributed by atoms with van der Waals surface area (Å²) >= 11 is 0. The van der Waals surface area contributed by atoms with Gasteiger partial charge in [0.25, 0.3) is 0 Å². The Morgan fingerprint density at radius 3 is 2.50 bits per heavy atom. The van der Waals surface area contributed by atoms with Gasteiger partial charge in [-0.3, -0.25) is 4.79 Å². The van der Waals surface area contributed by atoms with E-state index in [0.29, 0.717) is 5.56 Å². The molecule has 0 amide bonds. The van der Waals surface area contributed by atoms with Crippen molar-refractivity contribution in [3.8, 4) is 0 Å². The first kappa shape index (κ1) is 10.2. The molecule has 0 atom stereocenters. The first-order valence-electron chi connectivity index (χ1n) is 4.33. The molecule has 0 radical (unpaired) electrons. The molecule has 0 aliphatic heterocycles. The monoisotopic (exact) mass is 184 g/mol. The highest BCUT2D eigenvalue weighted by Gasteiger charge is 2.01. The molecular formula is C13H12O. The summed E-state index contributed by atoms with van der Waals surface area (Å²) in [5, 5.41) is 0. The van der Waals surface area contributed by atoms with Gasteiger partial charge in [0.05, 0.1) is 0 Å². The first-order chi connectivity index (χ1) is 6.83. The molecule has 0 aliphatic carbocycles. The van der Waals surface area contributed by atoms with E-state index in [9.17, 15) is 4.79 Å². The lowest BCUT2D eigenvalue weighted by molar-refractivity contribution is 0.112. The summed E-state index contributed by atoms with van der Waals surface area (Å²) in [7, 11) is 0. The van der Waals surface area contributed by atoms with Gasteiger partial charge in [0.1, 0.15) is 0 Å². The van der Waals surface area contributed by atoms with Crippen LogP contribution in [0.15, 0.2) is 55.7 Å². The second kappa shape index (κ2) is 4.97. The summed E-state index contributed by atoms with van der Waals surface area (Å²) in [5.41, 5.74) is 2.46. The van der Waals surface area contributed by atoms with Gasteiger partial charge in [-0.05, 0) is 11.1 Å². The van der Waals surface area contributed by atoms with Gasteiger partial charge in [0.2, 0.25) is 0 Å². The summed E-state index contributed by atoms with van der Waals surface area (Å²) in [4.78, 5) is 10.8. The van der Waals surface area contributed by atoms with Gasteiger partial charge < -0.3 is 0 Å². The zero-order valence-corrected chi connectivity index (χ0v) is 7.94. The van der Waals surface area contributed by atoms with E-state index in [1.54, 1.807) is 18.2 Å². The highest BCUT2D eigenvalue weighted by atomic mass is 16.1. The summed E-state index contributed by atoms with van der Waals surface area (Å²) in [6, 6.07) is 7.40. The molecule has 70 valence electrons. The number of carbonyl (C=O) groups is 1. The molecule has 0 N–H and O–H groups in total. The standard InChI is InChI=1S/C13H12O/c1-3-7-11(4-2)13-9-6-5-8-12(13)10-14/h3-10H,1-2H2/b11-7+. The summed E-state index contributed by atoms with van der Waals surface area (Å²) in [5.74, 6) is 0. The first-order valence-corrected chi connectivity index (χ1v) is 4.33. The topological polar surface area (TPSA) is 17.1 Å². The minimum absolute atomic E-state index is 0.667. The zero-order valence-electron chi connectivity index (χ0n) is 7.94. The molecule has 0 fully saturated rings. The van der Waals surface area contributed by atoms with Crippen LogP contribution in [-0.4, -0.2) is 6.29 Å². The minimum atomic E-state index is 0.667. The number of rotatable bonds is 4. The van der Waals surface area contributed by atoms with Crippen LogP contribution < -0.4 is 0 Å². The van der Waals surface area contributed by atoms with Gasteiger partial charge in [-0.1, -0.05) is 55.7 Å². The van der Waals surface area contributed by atoms with Gasteiger partial charge in [-0.25, -0.2) is 0 Å². The third kappa shape index (κ3) is 2.07. The van der Waals surface area contributed by atoms with Crippen LogP contribution in [0.5, 0.6) is 0 Å². The van der Waals surface area contributed by atoms with Crippen molar-refractivity contribution in [2.45, 2.75) is 0 Å². The van der Waals surface area contributed by atoms with Gasteiger partial charge in [-0.15, -0.1) is 0 Å². The molecule has 14 heavy (non-hydrogen) atoms. The highest BCUT2D eigenvalue weighted by molar-refractivity contribution is 5.88. The largest absolute Gasteiger partial charge is 0.298 e. The van der Waals surface area contributed by atoms with E-state index in [0.717, 1.165) is 17.4 Å². The van der Waals surface area contributed by atoms with Gasteiger partial charge >= 0.3 is 0 Å². The molecule has 1 aromatic carbocycles. The third-order valence-electron chi connectivity index (χ3n) is 1.92. The Morgan fingerprint density at radius 1 is 1.21 bits per heavy atom. The Balaban J connectivity index is 3.28. The third-order valence-corrected chi connectivity index (χ3v) is 1.92. The van der Waals surface area contributed by atoms with Crippen molar-refractivity contribution in [1.82, 2.24) is 0 Å². The van der Waals surface area contributed by atoms with Gasteiger partial charge in [-0.2, -0.15) is 0 Å². The Morgan fingerprint density at radius 2 is 1.93 bits per heavy atom. The van der Waals surface area contributed by atoms with Crippen LogP contribution in [-0.2, 0) is 0 Å². The molecule has 1 nitrogen and oxygen atoms in total. The molecule has 0 heterocycles. The highest BCUT2D eigenvalue weighted by Crippen LogP contribution is 2.18. The molecular weight excluding hydrogens is 172 g/mol. The van der Waals surface area contributed by atoms with E-state index >= 15 is 0 Å². The number of hydrogen-bond donors (Lipinski definition) is 0. The Bertz CT molecular complexity index is 386. The summed E-state index contributed by atoms with van der Waals surface area (Å²) in [6.45, 7) is 7.32. The van der Waals surface area contributed by atoms with Crippen LogP contribution in [0.25, 0.3) is 5.57 Å². The minimum Gasteiger partial charge on any atom is -0.298 e. The van der Waals surface area contributed by atoms with E-state index in [1.165, 1.54) is 0 Å². The molecule has 1 heteroatoms. The normalized spacial score (nSPS) is 10.7. The lowest BCUT2D eigenvalue weighted by Crippen LogP contribution is -1.89. The number of benzene rings is 1. The van der Waals surface area contributed by atoms with E-state index < -0.39 is 0 Å².